The van der Waals surface area contributed by atoms with Crippen LogP contribution in [0.3, 0.4) is 0 Å². The van der Waals surface area contributed by atoms with Crippen molar-refractivity contribution in [1.29, 1.82) is 0 Å². The zero-order valence-electron chi connectivity index (χ0n) is 11.3. The van der Waals surface area contributed by atoms with Gasteiger partial charge >= 0.3 is 0 Å². The van der Waals surface area contributed by atoms with Gasteiger partial charge in [0, 0.05) is 6.04 Å². The van der Waals surface area contributed by atoms with E-state index in [9.17, 15) is 0 Å². The molecule has 1 fully saturated rings. The third-order valence-electron chi connectivity index (χ3n) is 3.59. The van der Waals surface area contributed by atoms with Gasteiger partial charge in [-0.15, -0.1) is 0 Å². The molecule has 0 amide bonds. The van der Waals surface area contributed by atoms with Crippen LogP contribution in [0.25, 0.3) is 0 Å². The molecule has 3 atom stereocenters. The summed E-state index contributed by atoms with van der Waals surface area (Å²) in [6.07, 6.45) is 9.81. The summed E-state index contributed by atoms with van der Waals surface area (Å²) in [5, 5.41) is 3.67. The van der Waals surface area contributed by atoms with Crippen LogP contribution in [-0.4, -0.2) is 24.8 Å². The number of hydrogen-bond acceptors (Lipinski definition) is 2. The van der Waals surface area contributed by atoms with Crippen LogP contribution in [0.4, 0.5) is 0 Å². The minimum Gasteiger partial charge on any atom is -0.374 e. The monoisotopic (exact) mass is 227 g/mol. The zero-order valence-corrected chi connectivity index (χ0v) is 11.3. The van der Waals surface area contributed by atoms with E-state index in [0.29, 0.717) is 18.2 Å². The zero-order chi connectivity index (χ0) is 11.8. The van der Waals surface area contributed by atoms with Crippen LogP contribution in [0, 0.1) is 0 Å². The Morgan fingerprint density at radius 3 is 2.62 bits per heavy atom. The van der Waals surface area contributed by atoms with Gasteiger partial charge in [-0.3, -0.25) is 0 Å². The molecule has 16 heavy (non-hydrogen) atoms. The maximum atomic E-state index is 6.17. The number of hydrogen-bond donors (Lipinski definition) is 1. The van der Waals surface area contributed by atoms with E-state index in [0.717, 1.165) is 13.0 Å². The molecule has 1 rings (SSSR count). The molecule has 96 valence electrons. The smallest absolute Gasteiger partial charge is 0.0731 e. The van der Waals surface area contributed by atoms with E-state index in [1.165, 1.54) is 38.5 Å². The molecule has 0 spiro atoms. The Morgan fingerprint density at radius 1 is 1.19 bits per heavy atom. The van der Waals surface area contributed by atoms with E-state index in [-0.39, 0.29) is 0 Å². The van der Waals surface area contributed by atoms with Crippen molar-refractivity contribution < 1.29 is 4.74 Å². The molecule has 0 saturated heterocycles. The van der Waals surface area contributed by atoms with E-state index in [1.807, 2.05) is 0 Å². The third-order valence-corrected chi connectivity index (χ3v) is 3.59. The second kappa shape index (κ2) is 8.08. The maximum absolute atomic E-state index is 6.17. The summed E-state index contributed by atoms with van der Waals surface area (Å²) in [4.78, 5) is 0. The third kappa shape index (κ3) is 4.84. The molecule has 2 heteroatoms. The molecular formula is C14H29NO. The standard InChI is InChI=1S/C14H29NO/c1-4-11-15-13-9-7-6-8-10-14(13)16-12(3)5-2/h12-15H,4-11H2,1-3H3. The van der Waals surface area contributed by atoms with Crippen molar-refractivity contribution in [2.75, 3.05) is 6.54 Å². The predicted molar refractivity (Wildman–Crippen MR) is 69.8 cm³/mol. The van der Waals surface area contributed by atoms with Gasteiger partial charge in [-0.2, -0.15) is 0 Å². The van der Waals surface area contributed by atoms with Crippen LogP contribution in [0.15, 0.2) is 0 Å². The molecular weight excluding hydrogens is 198 g/mol. The molecule has 0 bridgehead atoms. The number of ether oxygens (including phenoxy) is 1. The van der Waals surface area contributed by atoms with Crippen LogP contribution < -0.4 is 5.32 Å². The van der Waals surface area contributed by atoms with Crippen molar-refractivity contribution in [2.24, 2.45) is 0 Å². The highest BCUT2D eigenvalue weighted by molar-refractivity contribution is 4.80. The SMILES string of the molecule is CCCNC1CCCCCC1OC(C)CC. The Balaban J connectivity index is 2.44. The average Bonchev–Trinajstić information content (AvgIpc) is 2.52. The van der Waals surface area contributed by atoms with Crippen LogP contribution in [0.2, 0.25) is 0 Å². The van der Waals surface area contributed by atoms with Gasteiger partial charge in [0.15, 0.2) is 0 Å². The first kappa shape index (κ1) is 14.0. The second-order valence-electron chi connectivity index (χ2n) is 5.09. The molecule has 1 N–H and O–H groups in total. The summed E-state index contributed by atoms with van der Waals surface area (Å²) in [6, 6.07) is 0.594. The van der Waals surface area contributed by atoms with Gasteiger partial charge in [-0.05, 0) is 39.2 Å². The van der Waals surface area contributed by atoms with Gasteiger partial charge in [-0.1, -0.05) is 33.1 Å². The summed E-state index contributed by atoms with van der Waals surface area (Å²) in [6.45, 7) is 7.76. The summed E-state index contributed by atoms with van der Waals surface area (Å²) in [5.74, 6) is 0. The summed E-state index contributed by atoms with van der Waals surface area (Å²) in [5.41, 5.74) is 0. The molecule has 0 radical (unpaired) electrons. The molecule has 0 aromatic rings. The van der Waals surface area contributed by atoms with E-state index in [1.54, 1.807) is 0 Å². The van der Waals surface area contributed by atoms with Crippen molar-refractivity contribution >= 4 is 0 Å². The van der Waals surface area contributed by atoms with Gasteiger partial charge in [0.2, 0.25) is 0 Å². The Morgan fingerprint density at radius 2 is 1.94 bits per heavy atom. The van der Waals surface area contributed by atoms with Crippen molar-refractivity contribution in [3.63, 3.8) is 0 Å². The van der Waals surface area contributed by atoms with Crippen molar-refractivity contribution in [3.05, 3.63) is 0 Å². The highest BCUT2D eigenvalue weighted by Gasteiger charge is 2.24. The molecule has 0 aliphatic heterocycles. The van der Waals surface area contributed by atoms with Gasteiger partial charge in [0.1, 0.15) is 0 Å². The van der Waals surface area contributed by atoms with Gasteiger partial charge < -0.3 is 10.1 Å². The van der Waals surface area contributed by atoms with Gasteiger partial charge in [-0.25, -0.2) is 0 Å². The molecule has 0 aromatic carbocycles. The Labute approximate surface area is 101 Å². The van der Waals surface area contributed by atoms with Crippen molar-refractivity contribution in [1.82, 2.24) is 5.32 Å². The maximum Gasteiger partial charge on any atom is 0.0731 e. The molecule has 3 unspecified atom stereocenters. The normalized spacial score (nSPS) is 28.7. The van der Waals surface area contributed by atoms with Crippen LogP contribution in [0.1, 0.15) is 65.7 Å². The fourth-order valence-electron chi connectivity index (χ4n) is 2.39. The quantitative estimate of drug-likeness (QED) is 0.701. The Kier molecular flexibility index (Phi) is 7.06. The lowest BCUT2D eigenvalue weighted by atomic mass is 10.1. The first-order chi connectivity index (χ1) is 7.77. The molecule has 2 nitrogen and oxygen atoms in total. The Bertz CT molecular complexity index is 172. The van der Waals surface area contributed by atoms with Crippen LogP contribution in [-0.2, 0) is 4.74 Å². The predicted octanol–water partition coefficient (Wildman–Crippen LogP) is 3.50. The topological polar surface area (TPSA) is 21.3 Å². The fourth-order valence-corrected chi connectivity index (χ4v) is 2.39. The number of rotatable bonds is 6. The highest BCUT2D eigenvalue weighted by atomic mass is 16.5. The van der Waals surface area contributed by atoms with E-state index in [2.05, 4.69) is 26.1 Å². The van der Waals surface area contributed by atoms with Crippen LogP contribution >= 0.6 is 0 Å². The first-order valence-corrected chi connectivity index (χ1v) is 7.16. The van der Waals surface area contributed by atoms with E-state index >= 15 is 0 Å². The highest BCUT2D eigenvalue weighted by Crippen LogP contribution is 2.22. The molecule has 1 saturated carbocycles. The Hall–Kier alpha value is -0.0800. The summed E-state index contributed by atoms with van der Waals surface area (Å²) >= 11 is 0. The van der Waals surface area contributed by atoms with Crippen molar-refractivity contribution in [2.45, 2.75) is 84.0 Å². The minimum atomic E-state index is 0.411. The average molecular weight is 227 g/mol. The van der Waals surface area contributed by atoms with E-state index < -0.39 is 0 Å². The van der Waals surface area contributed by atoms with Crippen LogP contribution in [0.5, 0.6) is 0 Å². The van der Waals surface area contributed by atoms with E-state index in [4.69, 9.17) is 4.74 Å². The molecule has 0 heterocycles. The lowest BCUT2D eigenvalue weighted by Crippen LogP contribution is -2.42. The molecule has 0 aromatic heterocycles. The lowest BCUT2D eigenvalue weighted by molar-refractivity contribution is -0.0271. The first-order valence-electron chi connectivity index (χ1n) is 7.16. The molecule has 1 aliphatic carbocycles. The lowest BCUT2D eigenvalue weighted by Gasteiger charge is -2.29. The van der Waals surface area contributed by atoms with Gasteiger partial charge in [0.25, 0.3) is 0 Å². The summed E-state index contributed by atoms with van der Waals surface area (Å²) in [7, 11) is 0. The van der Waals surface area contributed by atoms with Gasteiger partial charge in [0.05, 0.1) is 12.2 Å². The largest absolute Gasteiger partial charge is 0.374 e. The van der Waals surface area contributed by atoms with Crippen molar-refractivity contribution in [3.8, 4) is 0 Å². The molecule has 1 aliphatic rings. The second-order valence-corrected chi connectivity index (χ2v) is 5.09. The summed E-state index contributed by atoms with van der Waals surface area (Å²) < 4.78 is 6.17. The fraction of sp³-hybridized carbons (Fsp3) is 1.00. The minimum absolute atomic E-state index is 0.411. The number of nitrogens with one attached hydrogen (secondary N) is 1.